The highest BCUT2D eigenvalue weighted by atomic mass is 16.2. The molecule has 4 rings (SSSR count). The lowest BCUT2D eigenvalue weighted by Gasteiger charge is -2.32. The third-order valence-corrected chi connectivity index (χ3v) is 5.45. The maximum absolute atomic E-state index is 12.8. The van der Waals surface area contributed by atoms with Gasteiger partial charge in [-0.15, -0.1) is 0 Å². The summed E-state index contributed by atoms with van der Waals surface area (Å²) in [6.45, 7) is 1.10. The van der Waals surface area contributed by atoms with Gasteiger partial charge >= 0.3 is 5.69 Å². The van der Waals surface area contributed by atoms with Crippen LogP contribution in [0, 0.1) is 0 Å². The molecule has 0 saturated carbocycles. The summed E-state index contributed by atoms with van der Waals surface area (Å²) in [5, 5.41) is 1.01. The Morgan fingerprint density at radius 3 is 2.57 bits per heavy atom. The van der Waals surface area contributed by atoms with E-state index in [2.05, 4.69) is 9.97 Å². The Morgan fingerprint density at radius 1 is 1.07 bits per heavy atom. The van der Waals surface area contributed by atoms with Crippen LogP contribution in [0.15, 0.2) is 46.2 Å². The van der Waals surface area contributed by atoms with E-state index in [1.165, 1.54) is 24.7 Å². The SMILES string of the molecule is Cn1c(C(=O)N2CCC(c3cc4ncccc4cn3)CC2)cc(=O)n(C)c1=O. The van der Waals surface area contributed by atoms with Gasteiger partial charge in [0.2, 0.25) is 0 Å². The number of fused-ring (bicyclic) bond motifs is 1. The molecule has 0 radical (unpaired) electrons. The van der Waals surface area contributed by atoms with Gasteiger partial charge in [0.25, 0.3) is 11.5 Å². The van der Waals surface area contributed by atoms with Crippen LogP contribution in [0.2, 0.25) is 0 Å². The van der Waals surface area contributed by atoms with Crippen molar-refractivity contribution in [2.24, 2.45) is 14.1 Å². The van der Waals surface area contributed by atoms with E-state index in [0.29, 0.717) is 13.1 Å². The second-order valence-corrected chi connectivity index (χ2v) is 7.14. The summed E-state index contributed by atoms with van der Waals surface area (Å²) in [5.74, 6) is -0.0354. The Morgan fingerprint density at radius 2 is 1.82 bits per heavy atom. The van der Waals surface area contributed by atoms with Crippen LogP contribution in [-0.4, -0.2) is 43.0 Å². The van der Waals surface area contributed by atoms with Crippen molar-refractivity contribution in [2.45, 2.75) is 18.8 Å². The summed E-state index contributed by atoms with van der Waals surface area (Å²) >= 11 is 0. The number of rotatable bonds is 2. The van der Waals surface area contributed by atoms with Gasteiger partial charge in [0.15, 0.2) is 0 Å². The Kier molecular flexibility index (Phi) is 4.54. The number of hydrogen-bond donors (Lipinski definition) is 0. The van der Waals surface area contributed by atoms with Crippen LogP contribution in [0.4, 0.5) is 0 Å². The third kappa shape index (κ3) is 3.11. The maximum atomic E-state index is 12.8. The molecule has 1 amide bonds. The fourth-order valence-corrected chi connectivity index (χ4v) is 3.68. The molecular weight excluding hydrogens is 358 g/mol. The van der Waals surface area contributed by atoms with Crippen molar-refractivity contribution in [1.82, 2.24) is 24.0 Å². The van der Waals surface area contributed by atoms with Gasteiger partial charge < -0.3 is 4.90 Å². The average Bonchev–Trinajstić information content (AvgIpc) is 2.74. The Hall–Kier alpha value is -3.29. The molecule has 1 aliphatic heterocycles. The molecule has 144 valence electrons. The van der Waals surface area contributed by atoms with E-state index in [4.69, 9.17) is 0 Å². The predicted octanol–water partition coefficient (Wildman–Crippen LogP) is 1.05. The molecule has 3 aromatic heterocycles. The van der Waals surface area contributed by atoms with E-state index in [0.717, 1.165) is 34.0 Å². The summed E-state index contributed by atoms with van der Waals surface area (Å²) in [6, 6.07) is 7.11. The number of pyridine rings is 2. The van der Waals surface area contributed by atoms with Gasteiger partial charge in [0, 0.05) is 62.6 Å². The highest BCUT2D eigenvalue weighted by molar-refractivity contribution is 5.92. The van der Waals surface area contributed by atoms with Crippen molar-refractivity contribution in [3.63, 3.8) is 0 Å². The van der Waals surface area contributed by atoms with Crippen LogP contribution >= 0.6 is 0 Å². The second-order valence-electron chi connectivity index (χ2n) is 7.14. The first-order valence-corrected chi connectivity index (χ1v) is 9.22. The van der Waals surface area contributed by atoms with Crippen molar-refractivity contribution in [1.29, 1.82) is 0 Å². The lowest BCUT2D eigenvalue weighted by molar-refractivity contribution is 0.0700. The number of piperidine rings is 1. The Labute approximate surface area is 161 Å². The Bertz CT molecular complexity index is 1170. The van der Waals surface area contributed by atoms with Crippen molar-refractivity contribution in [3.05, 3.63) is 68.9 Å². The van der Waals surface area contributed by atoms with Gasteiger partial charge in [0.1, 0.15) is 5.69 Å². The number of likely N-dealkylation sites (tertiary alicyclic amines) is 1. The normalized spacial score (nSPS) is 15.1. The van der Waals surface area contributed by atoms with Crippen molar-refractivity contribution in [3.8, 4) is 0 Å². The van der Waals surface area contributed by atoms with E-state index < -0.39 is 11.2 Å². The summed E-state index contributed by atoms with van der Waals surface area (Å²) in [4.78, 5) is 47.5. The second kappa shape index (κ2) is 7.03. The molecule has 1 fully saturated rings. The van der Waals surface area contributed by atoms with E-state index in [9.17, 15) is 14.4 Å². The standard InChI is InChI=1S/C20H21N5O3/c1-23-17(11-18(26)24(2)20(23)28)19(27)25-8-5-13(6-9-25)15-10-16-14(12-22-15)4-3-7-21-16/h3-4,7,10-13H,5-6,8-9H2,1-2H3. The number of amides is 1. The summed E-state index contributed by atoms with van der Waals surface area (Å²) in [7, 11) is 2.91. The molecule has 0 spiro atoms. The van der Waals surface area contributed by atoms with E-state index >= 15 is 0 Å². The minimum Gasteiger partial charge on any atom is -0.337 e. The highest BCUT2D eigenvalue weighted by Gasteiger charge is 2.27. The predicted molar refractivity (Wildman–Crippen MR) is 104 cm³/mol. The molecule has 1 aliphatic rings. The first-order chi connectivity index (χ1) is 13.5. The topological polar surface area (TPSA) is 90.1 Å². The summed E-state index contributed by atoms with van der Waals surface area (Å²) in [6.07, 6.45) is 5.15. The number of carbonyl (C=O) groups is 1. The lowest BCUT2D eigenvalue weighted by atomic mass is 9.92. The van der Waals surface area contributed by atoms with E-state index in [1.807, 2.05) is 24.4 Å². The molecule has 4 heterocycles. The van der Waals surface area contributed by atoms with Gasteiger partial charge in [-0.05, 0) is 31.0 Å². The lowest BCUT2D eigenvalue weighted by Crippen LogP contribution is -2.44. The number of carbonyl (C=O) groups excluding carboxylic acids is 1. The minimum absolute atomic E-state index is 0.125. The van der Waals surface area contributed by atoms with Crippen molar-refractivity contribution >= 4 is 16.8 Å². The number of aromatic nitrogens is 4. The zero-order valence-corrected chi connectivity index (χ0v) is 15.8. The first-order valence-electron chi connectivity index (χ1n) is 9.22. The highest BCUT2D eigenvalue weighted by Crippen LogP contribution is 2.28. The van der Waals surface area contributed by atoms with Crippen LogP contribution < -0.4 is 11.2 Å². The zero-order valence-electron chi connectivity index (χ0n) is 15.8. The third-order valence-electron chi connectivity index (χ3n) is 5.45. The summed E-state index contributed by atoms with van der Waals surface area (Å²) < 4.78 is 2.22. The molecule has 0 atom stereocenters. The first kappa shape index (κ1) is 18.1. The number of hydrogen-bond acceptors (Lipinski definition) is 5. The largest absolute Gasteiger partial charge is 0.337 e. The smallest absolute Gasteiger partial charge is 0.331 e. The minimum atomic E-state index is -0.501. The van der Waals surface area contributed by atoms with Gasteiger partial charge in [-0.1, -0.05) is 0 Å². The molecule has 8 heteroatoms. The van der Waals surface area contributed by atoms with E-state index in [-0.39, 0.29) is 17.5 Å². The molecule has 0 unspecified atom stereocenters. The molecule has 0 bridgehead atoms. The average molecular weight is 379 g/mol. The van der Waals surface area contributed by atoms with Crippen LogP contribution in [0.3, 0.4) is 0 Å². The Balaban J connectivity index is 1.51. The van der Waals surface area contributed by atoms with Crippen LogP contribution in [0.1, 0.15) is 34.9 Å². The monoisotopic (exact) mass is 379 g/mol. The molecule has 8 nitrogen and oxygen atoms in total. The molecule has 0 aromatic carbocycles. The quantitative estimate of drug-likeness (QED) is 0.664. The van der Waals surface area contributed by atoms with Crippen LogP contribution in [0.5, 0.6) is 0 Å². The maximum Gasteiger partial charge on any atom is 0.331 e. The van der Waals surface area contributed by atoms with E-state index in [1.54, 1.807) is 11.1 Å². The van der Waals surface area contributed by atoms with Gasteiger partial charge in [0.05, 0.1) is 5.52 Å². The van der Waals surface area contributed by atoms with Crippen LogP contribution in [0.25, 0.3) is 10.9 Å². The molecule has 3 aromatic rings. The fraction of sp³-hybridized carbons (Fsp3) is 0.350. The molecule has 28 heavy (non-hydrogen) atoms. The van der Waals surface area contributed by atoms with Crippen molar-refractivity contribution in [2.75, 3.05) is 13.1 Å². The number of nitrogens with zero attached hydrogens (tertiary/aromatic N) is 5. The van der Waals surface area contributed by atoms with Gasteiger partial charge in [-0.25, -0.2) is 4.79 Å². The zero-order chi connectivity index (χ0) is 19.8. The molecular formula is C20H21N5O3. The van der Waals surface area contributed by atoms with Gasteiger partial charge in [-0.3, -0.25) is 28.7 Å². The van der Waals surface area contributed by atoms with Crippen LogP contribution in [-0.2, 0) is 14.1 Å². The summed E-state index contributed by atoms with van der Waals surface area (Å²) in [5.41, 5.74) is 1.05. The van der Waals surface area contributed by atoms with Gasteiger partial charge in [-0.2, -0.15) is 0 Å². The van der Waals surface area contributed by atoms with Crippen molar-refractivity contribution < 1.29 is 4.79 Å². The molecule has 0 N–H and O–H groups in total. The molecule has 1 saturated heterocycles. The fourth-order valence-electron chi connectivity index (χ4n) is 3.68. The molecule has 0 aliphatic carbocycles.